The molecule has 0 bridgehead atoms. The van der Waals surface area contributed by atoms with Gasteiger partial charge < -0.3 is 4.57 Å². The van der Waals surface area contributed by atoms with E-state index in [0.717, 1.165) is 11.7 Å². The van der Waals surface area contributed by atoms with Crippen LogP contribution in [0.4, 0.5) is 5.69 Å². The first-order valence-corrected chi connectivity index (χ1v) is 5.87. The van der Waals surface area contributed by atoms with Gasteiger partial charge in [0, 0.05) is 41.2 Å². The molecule has 3 aromatic rings. The second-order valence-corrected chi connectivity index (χ2v) is 4.22. The van der Waals surface area contributed by atoms with Gasteiger partial charge in [-0.2, -0.15) is 0 Å². The normalized spacial score (nSPS) is 10.6. The molecule has 6 nitrogen and oxygen atoms in total. The van der Waals surface area contributed by atoms with E-state index in [4.69, 9.17) is 0 Å². The van der Waals surface area contributed by atoms with E-state index in [1.165, 1.54) is 12.1 Å². The Labute approximate surface area is 113 Å². The van der Waals surface area contributed by atoms with Crippen LogP contribution in [-0.2, 0) is 0 Å². The molecule has 0 unspecified atom stereocenters. The lowest BCUT2D eigenvalue weighted by molar-refractivity contribution is -0.384. The summed E-state index contributed by atoms with van der Waals surface area (Å²) in [6.45, 7) is 0. The molecule has 0 fully saturated rings. The zero-order chi connectivity index (χ0) is 14.1. The number of aromatic nitrogens is 2. The maximum atomic E-state index is 11.1. The molecule has 6 heteroatoms. The number of non-ortho nitro benzene ring substituents is 1. The van der Waals surface area contributed by atoms with Crippen LogP contribution in [0.15, 0.2) is 48.8 Å². The summed E-state index contributed by atoms with van der Waals surface area (Å²) in [6, 6.07) is 9.67. The Kier molecular flexibility index (Phi) is 2.76. The first-order valence-electron chi connectivity index (χ1n) is 5.87. The van der Waals surface area contributed by atoms with Crippen molar-refractivity contribution in [2.24, 2.45) is 0 Å². The van der Waals surface area contributed by atoms with Crippen LogP contribution in [0.2, 0.25) is 0 Å². The molecule has 20 heavy (non-hydrogen) atoms. The summed E-state index contributed by atoms with van der Waals surface area (Å²) < 4.78 is 1.74. The number of pyridine rings is 1. The maximum Gasteiger partial charge on any atom is 0.269 e. The highest BCUT2D eigenvalue weighted by molar-refractivity contribution is 5.96. The zero-order valence-electron chi connectivity index (χ0n) is 10.3. The number of hydrogen-bond donors (Lipinski definition) is 0. The van der Waals surface area contributed by atoms with Gasteiger partial charge >= 0.3 is 0 Å². The third kappa shape index (κ3) is 1.83. The molecule has 0 aliphatic carbocycles. The topological polar surface area (TPSA) is 78.0 Å². The number of nitrogens with zero attached hydrogens (tertiary/aromatic N) is 3. The lowest BCUT2D eigenvalue weighted by atomic mass is 10.2. The lowest BCUT2D eigenvalue weighted by Crippen LogP contribution is -1.94. The molecule has 0 N–H and O–H groups in total. The highest BCUT2D eigenvalue weighted by Crippen LogP contribution is 2.23. The van der Waals surface area contributed by atoms with Crippen LogP contribution in [0.1, 0.15) is 10.4 Å². The van der Waals surface area contributed by atoms with E-state index in [-0.39, 0.29) is 5.69 Å². The molecule has 3 rings (SSSR count). The molecule has 0 aliphatic heterocycles. The molecule has 0 radical (unpaired) electrons. The third-order valence-electron chi connectivity index (χ3n) is 3.06. The third-order valence-corrected chi connectivity index (χ3v) is 3.06. The number of carbonyl (C=O) groups is 1. The molecule has 0 amide bonds. The molecule has 0 spiro atoms. The maximum absolute atomic E-state index is 11.1. The summed E-state index contributed by atoms with van der Waals surface area (Å²) >= 11 is 0. The van der Waals surface area contributed by atoms with E-state index < -0.39 is 4.92 Å². The van der Waals surface area contributed by atoms with E-state index >= 15 is 0 Å². The minimum atomic E-state index is -0.452. The van der Waals surface area contributed by atoms with Crippen LogP contribution in [0.3, 0.4) is 0 Å². The van der Waals surface area contributed by atoms with E-state index in [0.29, 0.717) is 16.9 Å². The summed E-state index contributed by atoms with van der Waals surface area (Å²) in [7, 11) is 0. The Morgan fingerprint density at radius 3 is 2.60 bits per heavy atom. The predicted molar refractivity (Wildman–Crippen MR) is 73.1 cm³/mol. The van der Waals surface area contributed by atoms with Crippen molar-refractivity contribution in [3.05, 3.63) is 64.5 Å². The number of nitro benzene ring substituents is 1. The number of nitro groups is 1. The second kappa shape index (κ2) is 4.58. The monoisotopic (exact) mass is 267 g/mol. The van der Waals surface area contributed by atoms with E-state index in [1.807, 2.05) is 6.07 Å². The number of fused-ring (bicyclic) bond motifs is 1. The van der Waals surface area contributed by atoms with Gasteiger partial charge in [-0.1, -0.05) is 0 Å². The molecule has 2 heterocycles. The van der Waals surface area contributed by atoms with Crippen LogP contribution >= 0.6 is 0 Å². The van der Waals surface area contributed by atoms with Crippen molar-refractivity contribution in [2.75, 3.05) is 0 Å². The Morgan fingerprint density at radius 1 is 1.20 bits per heavy atom. The summed E-state index contributed by atoms with van der Waals surface area (Å²) in [4.78, 5) is 25.5. The summed E-state index contributed by atoms with van der Waals surface area (Å²) in [5, 5.41) is 11.4. The number of aldehydes is 1. The average molecular weight is 267 g/mol. The van der Waals surface area contributed by atoms with Crippen LogP contribution in [0.5, 0.6) is 0 Å². The lowest BCUT2D eigenvalue weighted by Gasteiger charge is -2.03. The van der Waals surface area contributed by atoms with Gasteiger partial charge in [0.2, 0.25) is 0 Å². The Morgan fingerprint density at radius 2 is 1.95 bits per heavy atom. The Balaban J connectivity index is 2.19. The molecule has 0 atom stereocenters. The molecule has 2 aromatic heterocycles. The first kappa shape index (κ1) is 12.0. The number of hydrogen-bond acceptors (Lipinski definition) is 4. The van der Waals surface area contributed by atoms with Crippen molar-refractivity contribution in [1.82, 2.24) is 9.55 Å². The summed E-state index contributed by atoms with van der Waals surface area (Å²) in [5.74, 6) is 0. The smallest absolute Gasteiger partial charge is 0.269 e. The van der Waals surface area contributed by atoms with Crippen LogP contribution in [-0.4, -0.2) is 20.8 Å². The van der Waals surface area contributed by atoms with Crippen molar-refractivity contribution in [3.8, 4) is 5.69 Å². The molecule has 98 valence electrons. The number of rotatable bonds is 3. The van der Waals surface area contributed by atoms with Gasteiger partial charge in [0.15, 0.2) is 6.29 Å². The van der Waals surface area contributed by atoms with Crippen molar-refractivity contribution in [3.63, 3.8) is 0 Å². The van der Waals surface area contributed by atoms with E-state index in [1.54, 1.807) is 35.2 Å². The highest BCUT2D eigenvalue weighted by atomic mass is 16.6. The minimum Gasteiger partial charge on any atom is -0.301 e. The number of benzene rings is 1. The van der Waals surface area contributed by atoms with Crippen molar-refractivity contribution in [2.45, 2.75) is 0 Å². The summed E-state index contributed by atoms with van der Waals surface area (Å²) in [5.41, 5.74) is 1.91. The van der Waals surface area contributed by atoms with Gasteiger partial charge in [0.1, 0.15) is 5.65 Å². The zero-order valence-corrected chi connectivity index (χ0v) is 10.3. The first-order chi connectivity index (χ1) is 9.70. The van der Waals surface area contributed by atoms with E-state index in [2.05, 4.69) is 4.98 Å². The average Bonchev–Trinajstić information content (AvgIpc) is 2.86. The van der Waals surface area contributed by atoms with Gasteiger partial charge in [-0.25, -0.2) is 4.98 Å². The predicted octanol–water partition coefficient (Wildman–Crippen LogP) is 2.75. The molecule has 1 aromatic carbocycles. The van der Waals surface area contributed by atoms with Crippen LogP contribution in [0, 0.1) is 10.1 Å². The van der Waals surface area contributed by atoms with Crippen molar-refractivity contribution >= 4 is 23.0 Å². The van der Waals surface area contributed by atoms with Gasteiger partial charge in [0.05, 0.1) is 4.92 Å². The minimum absolute atomic E-state index is 0.0220. The Bertz CT molecular complexity index is 806. The fourth-order valence-corrected chi connectivity index (χ4v) is 2.11. The fourth-order valence-electron chi connectivity index (χ4n) is 2.11. The quantitative estimate of drug-likeness (QED) is 0.415. The van der Waals surface area contributed by atoms with Gasteiger partial charge in [-0.05, 0) is 24.3 Å². The van der Waals surface area contributed by atoms with Crippen LogP contribution < -0.4 is 0 Å². The SMILES string of the molecule is O=Cc1cn(-c2ccc([N+](=O)[O-])cc2)c2ncccc12. The summed E-state index contributed by atoms with van der Waals surface area (Å²) in [6.07, 6.45) is 4.08. The molecular formula is C14H9N3O3. The highest BCUT2D eigenvalue weighted by Gasteiger charge is 2.11. The van der Waals surface area contributed by atoms with E-state index in [9.17, 15) is 14.9 Å². The molecular weight excluding hydrogens is 258 g/mol. The van der Waals surface area contributed by atoms with Crippen molar-refractivity contribution in [1.29, 1.82) is 0 Å². The standard InChI is InChI=1S/C14H9N3O3/c18-9-10-8-16(14-13(10)2-1-7-15-14)11-3-5-12(6-4-11)17(19)20/h1-9H. The molecule has 0 saturated carbocycles. The van der Waals surface area contributed by atoms with Crippen LogP contribution in [0.25, 0.3) is 16.7 Å². The fraction of sp³-hybridized carbons (Fsp3) is 0. The molecule has 0 saturated heterocycles. The largest absolute Gasteiger partial charge is 0.301 e. The van der Waals surface area contributed by atoms with Gasteiger partial charge in [-0.15, -0.1) is 0 Å². The number of carbonyl (C=O) groups excluding carboxylic acids is 1. The second-order valence-electron chi connectivity index (χ2n) is 4.22. The molecule has 0 aliphatic rings. The van der Waals surface area contributed by atoms with Crippen molar-refractivity contribution < 1.29 is 9.72 Å². The van der Waals surface area contributed by atoms with Gasteiger partial charge in [-0.3, -0.25) is 14.9 Å². The Hall–Kier alpha value is -3.02. The van der Waals surface area contributed by atoms with Gasteiger partial charge in [0.25, 0.3) is 5.69 Å².